The number of nitrogens with zero attached hydrogens (tertiary/aromatic N) is 4. The Balaban J connectivity index is 1.12. The van der Waals surface area contributed by atoms with Gasteiger partial charge in [-0.1, -0.05) is 72.0 Å². The molecule has 0 saturated carbocycles. The summed E-state index contributed by atoms with van der Waals surface area (Å²) >= 11 is 2.17. The molecule has 0 amide bonds. The monoisotopic (exact) mass is 690 g/mol. The number of hydrogen-bond donors (Lipinski definition) is 2. The standard InChI is InChI=1S/C34H20F6N6S2/c35-33(36,37)23-15-11-19(12-16-23)25-3-1-5-27(43-25)30(42)47-29(41)21-7-9-22(10-8-21)31-45-46-32(48-31)28-6-2-4-26(44-28)20-13-17-24(18-14-20)34(38,39)40/h1-18,41-42H. The van der Waals surface area contributed by atoms with E-state index in [-0.39, 0.29) is 15.8 Å². The summed E-state index contributed by atoms with van der Waals surface area (Å²) in [5, 5.41) is 26.7. The Morgan fingerprint density at radius 3 is 1.56 bits per heavy atom. The quantitative estimate of drug-likeness (QED) is 0.103. The normalized spacial score (nSPS) is 11.8. The highest BCUT2D eigenvalue weighted by molar-refractivity contribution is 8.27. The van der Waals surface area contributed by atoms with Crippen LogP contribution in [0.1, 0.15) is 22.4 Å². The van der Waals surface area contributed by atoms with Crippen LogP contribution in [0.5, 0.6) is 0 Å². The second kappa shape index (κ2) is 13.1. The molecule has 2 N–H and O–H groups in total. The van der Waals surface area contributed by atoms with Gasteiger partial charge in [-0.15, -0.1) is 10.2 Å². The average molecular weight is 691 g/mol. The number of alkyl halides is 6. The maximum Gasteiger partial charge on any atom is 0.416 e. The van der Waals surface area contributed by atoms with Gasteiger partial charge in [0.25, 0.3) is 0 Å². The fourth-order valence-electron chi connectivity index (χ4n) is 4.52. The van der Waals surface area contributed by atoms with Crippen molar-refractivity contribution in [2.75, 3.05) is 0 Å². The van der Waals surface area contributed by atoms with E-state index >= 15 is 0 Å². The van der Waals surface area contributed by atoms with Gasteiger partial charge in [-0.2, -0.15) is 26.3 Å². The molecule has 6 aromatic rings. The summed E-state index contributed by atoms with van der Waals surface area (Å²) in [5.74, 6) is 0. The molecule has 6 rings (SSSR count). The Bertz CT molecular complexity index is 2110. The average Bonchev–Trinajstić information content (AvgIpc) is 3.58. The highest BCUT2D eigenvalue weighted by Gasteiger charge is 2.31. The second-order valence-electron chi connectivity index (χ2n) is 10.2. The van der Waals surface area contributed by atoms with Gasteiger partial charge in [-0.25, -0.2) is 9.97 Å². The number of thioether (sulfide) groups is 1. The minimum absolute atomic E-state index is 0.00220. The van der Waals surface area contributed by atoms with Crippen LogP contribution in [0.25, 0.3) is 43.8 Å². The molecule has 0 aliphatic carbocycles. The Morgan fingerprint density at radius 1 is 0.521 bits per heavy atom. The molecular formula is C34H20F6N6S2. The molecule has 0 saturated heterocycles. The van der Waals surface area contributed by atoms with Crippen molar-refractivity contribution in [1.29, 1.82) is 10.8 Å². The van der Waals surface area contributed by atoms with Crippen molar-refractivity contribution >= 4 is 33.2 Å². The van der Waals surface area contributed by atoms with Crippen LogP contribution in [0.3, 0.4) is 0 Å². The van der Waals surface area contributed by atoms with Crippen LogP contribution >= 0.6 is 23.1 Å². The number of pyridine rings is 2. The zero-order chi connectivity index (χ0) is 34.1. The van der Waals surface area contributed by atoms with Crippen molar-refractivity contribution in [2.45, 2.75) is 12.4 Å². The Morgan fingerprint density at radius 2 is 1.00 bits per heavy atom. The van der Waals surface area contributed by atoms with Crippen molar-refractivity contribution in [1.82, 2.24) is 20.2 Å². The third-order valence-corrected chi connectivity index (χ3v) is 8.84. The van der Waals surface area contributed by atoms with E-state index in [4.69, 9.17) is 10.8 Å². The number of rotatable bonds is 6. The zero-order valence-corrected chi connectivity index (χ0v) is 25.9. The highest BCUT2D eigenvalue weighted by atomic mass is 32.2. The number of aromatic nitrogens is 4. The van der Waals surface area contributed by atoms with Crippen molar-refractivity contribution in [2.24, 2.45) is 0 Å². The van der Waals surface area contributed by atoms with E-state index in [2.05, 4.69) is 20.2 Å². The van der Waals surface area contributed by atoms with E-state index in [1.807, 2.05) is 0 Å². The predicted molar refractivity (Wildman–Crippen MR) is 175 cm³/mol. The van der Waals surface area contributed by atoms with Crippen molar-refractivity contribution in [3.05, 3.63) is 132 Å². The van der Waals surface area contributed by atoms with E-state index in [9.17, 15) is 26.3 Å². The van der Waals surface area contributed by atoms with Crippen molar-refractivity contribution in [3.63, 3.8) is 0 Å². The molecule has 240 valence electrons. The minimum Gasteiger partial charge on any atom is -0.293 e. The molecule has 0 radical (unpaired) electrons. The molecule has 0 unspecified atom stereocenters. The molecule has 0 spiro atoms. The van der Waals surface area contributed by atoms with E-state index in [0.29, 0.717) is 43.8 Å². The Labute approximate surface area is 277 Å². The number of hydrogen-bond acceptors (Lipinski definition) is 8. The lowest BCUT2D eigenvalue weighted by molar-refractivity contribution is -0.138. The third-order valence-electron chi connectivity index (χ3n) is 6.99. The van der Waals surface area contributed by atoms with Gasteiger partial charge in [0.2, 0.25) is 0 Å². The first-order chi connectivity index (χ1) is 22.8. The number of halogens is 6. The predicted octanol–water partition coefficient (Wildman–Crippen LogP) is 10.1. The van der Waals surface area contributed by atoms with E-state index in [1.54, 1.807) is 60.7 Å². The summed E-state index contributed by atoms with van der Waals surface area (Å²) in [7, 11) is 0. The smallest absolute Gasteiger partial charge is 0.293 e. The number of nitrogens with one attached hydrogen (secondary N) is 2. The number of benzene rings is 3. The molecule has 0 atom stereocenters. The van der Waals surface area contributed by atoms with E-state index in [1.165, 1.54) is 35.6 Å². The molecule has 3 aromatic heterocycles. The lowest BCUT2D eigenvalue weighted by Gasteiger charge is -2.09. The van der Waals surface area contributed by atoms with E-state index in [0.717, 1.165) is 41.6 Å². The van der Waals surface area contributed by atoms with Gasteiger partial charge >= 0.3 is 12.4 Å². The summed E-state index contributed by atoms with van der Waals surface area (Å²) in [5.41, 5.74) is 2.46. The first-order valence-electron chi connectivity index (χ1n) is 13.9. The first-order valence-corrected chi connectivity index (χ1v) is 15.6. The molecule has 3 heterocycles. The van der Waals surface area contributed by atoms with Gasteiger partial charge in [0.1, 0.15) is 20.8 Å². The lowest BCUT2D eigenvalue weighted by Crippen LogP contribution is -2.05. The first kappa shape index (κ1) is 32.7. The van der Waals surface area contributed by atoms with Gasteiger partial charge in [-0.05, 0) is 60.3 Å². The van der Waals surface area contributed by atoms with Crippen LogP contribution in [-0.2, 0) is 12.4 Å². The molecule has 14 heteroatoms. The summed E-state index contributed by atoms with van der Waals surface area (Å²) < 4.78 is 77.6. The highest BCUT2D eigenvalue weighted by Crippen LogP contribution is 2.34. The molecule has 3 aromatic carbocycles. The lowest BCUT2D eigenvalue weighted by atomic mass is 10.1. The second-order valence-corrected chi connectivity index (χ2v) is 12.2. The fourth-order valence-corrected chi connectivity index (χ4v) is 6.01. The maximum absolute atomic E-state index is 12.9. The van der Waals surface area contributed by atoms with Crippen LogP contribution < -0.4 is 0 Å². The van der Waals surface area contributed by atoms with Crippen LogP contribution in [-0.4, -0.2) is 30.3 Å². The molecule has 48 heavy (non-hydrogen) atoms. The fraction of sp³-hybridized carbons (Fsp3) is 0.0588. The van der Waals surface area contributed by atoms with Crippen molar-refractivity contribution < 1.29 is 26.3 Å². The van der Waals surface area contributed by atoms with Gasteiger partial charge in [0, 0.05) is 22.3 Å². The van der Waals surface area contributed by atoms with Crippen LogP contribution in [0.2, 0.25) is 0 Å². The van der Waals surface area contributed by atoms with E-state index < -0.39 is 23.5 Å². The van der Waals surface area contributed by atoms with Crippen molar-refractivity contribution in [3.8, 4) is 43.8 Å². The minimum atomic E-state index is -4.45. The Hall–Kier alpha value is -5.21. The largest absolute Gasteiger partial charge is 0.416 e. The molecule has 0 aliphatic rings. The molecule has 0 aliphatic heterocycles. The summed E-state index contributed by atoms with van der Waals surface area (Å²) in [6.45, 7) is 0. The van der Waals surface area contributed by atoms with Gasteiger partial charge in [-0.3, -0.25) is 10.8 Å². The Kier molecular flexibility index (Phi) is 8.95. The zero-order valence-electron chi connectivity index (χ0n) is 24.3. The topological polar surface area (TPSA) is 99.3 Å². The molecule has 6 nitrogen and oxygen atoms in total. The summed E-state index contributed by atoms with van der Waals surface area (Å²) in [6.07, 6.45) is -8.87. The van der Waals surface area contributed by atoms with Gasteiger partial charge < -0.3 is 0 Å². The van der Waals surface area contributed by atoms with Crippen LogP contribution in [0, 0.1) is 10.8 Å². The van der Waals surface area contributed by atoms with Crippen LogP contribution in [0.4, 0.5) is 26.3 Å². The SMILES string of the molecule is N=C(SC(=N)c1cccc(-c2ccc(C(F)(F)F)cc2)n1)c1ccc(-c2nnc(-c3cccc(-c4ccc(C(F)(F)F)cc4)n3)s2)cc1. The van der Waals surface area contributed by atoms with Crippen LogP contribution in [0.15, 0.2) is 109 Å². The summed E-state index contributed by atoms with van der Waals surface area (Å²) in [4.78, 5) is 8.98. The van der Waals surface area contributed by atoms with Gasteiger partial charge in [0.15, 0.2) is 5.01 Å². The molecule has 0 bridgehead atoms. The summed E-state index contributed by atoms with van der Waals surface area (Å²) in [6, 6.07) is 26.4. The maximum atomic E-state index is 12.9. The third kappa shape index (κ3) is 7.34. The molecule has 0 fully saturated rings. The van der Waals surface area contributed by atoms with Gasteiger partial charge in [0.05, 0.1) is 28.2 Å². The molecular weight excluding hydrogens is 671 g/mol.